The van der Waals surface area contributed by atoms with Crippen molar-refractivity contribution in [3.63, 3.8) is 0 Å². The van der Waals surface area contributed by atoms with Crippen molar-refractivity contribution in [2.24, 2.45) is 0 Å². The summed E-state index contributed by atoms with van der Waals surface area (Å²) in [7, 11) is -4.08. The number of nitrogens with one attached hydrogen (secondary N) is 3. The molecule has 2 atom stereocenters. The molecule has 2 unspecified atom stereocenters. The molecule has 0 aliphatic heterocycles. The minimum atomic E-state index is -4.08. The fourth-order valence-electron chi connectivity index (χ4n) is 3.60. The third-order valence-electron chi connectivity index (χ3n) is 5.29. The van der Waals surface area contributed by atoms with Crippen LogP contribution in [0, 0.1) is 19.7 Å². The number of aryl methyl sites for hydroxylation is 1. The van der Waals surface area contributed by atoms with Crippen molar-refractivity contribution in [1.82, 2.24) is 25.3 Å². The number of H-pyrrole nitrogens is 1. The quantitative estimate of drug-likeness (QED) is 0.444. The van der Waals surface area contributed by atoms with Gasteiger partial charge in [0.2, 0.25) is 10.0 Å². The molecule has 0 fully saturated rings. The summed E-state index contributed by atoms with van der Waals surface area (Å²) in [5.41, 5.74) is 2.37. The molecular formula is C21H26ClFN6O2S. The fourth-order valence-corrected chi connectivity index (χ4v) is 5.20. The standard InChI is InChI=1S/C21H26ClFN6O2S/c1-11(2)24-17-10-15(22)7-9-18(17)32(30,31)27-20(21-25-28-29-26-21)14(5)19-13(4)12(3)6-8-16(19)23/h6-11,14,20,24,27H,1-5H3,(H,25,26,28,29). The number of aromatic amines is 1. The van der Waals surface area contributed by atoms with Gasteiger partial charge < -0.3 is 5.32 Å². The SMILES string of the molecule is Cc1ccc(F)c(C(C)C(NS(=O)(=O)c2ccc(Cl)cc2NC(C)C)c2nn[nH]n2)c1C. The highest BCUT2D eigenvalue weighted by molar-refractivity contribution is 7.89. The van der Waals surface area contributed by atoms with E-state index in [1.54, 1.807) is 26.0 Å². The number of tetrazole rings is 1. The van der Waals surface area contributed by atoms with Gasteiger partial charge in [-0.05, 0) is 68.7 Å². The van der Waals surface area contributed by atoms with Crippen molar-refractivity contribution in [1.29, 1.82) is 0 Å². The number of rotatable bonds is 8. The molecule has 32 heavy (non-hydrogen) atoms. The molecule has 3 aromatic rings. The maximum Gasteiger partial charge on any atom is 0.243 e. The average molecular weight is 481 g/mol. The molecule has 0 bridgehead atoms. The summed E-state index contributed by atoms with van der Waals surface area (Å²) in [6.07, 6.45) is 0. The van der Waals surface area contributed by atoms with E-state index < -0.39 is 27.8 Å². The predicted octanol–water partition coefficient (Wildman–Crippen LogP) is 4.25. The molecule has 8 nitrogen and oxygen atoms in total. The molecule has 1 heterocycles. The lowest BCUT2D eigenvalue weighted by atomic mass is 9.88. The van der Waals surface area contributed by atoms with Gasteiger partial charge in [0, 0.05) is 17.0 Å². The lowest BCUT2D eigenvalue weighted by Gasteiger charge is -2.26. The van der Waals surface area contributed by atoms with E-state index >= 15 is 0 Å². The number of aromatic nitrogens is 4. The van der Waals surface area contributed by atoms with Crippen LogP contribution in [0.1, 0.15) is 55.2 Å². The Labute approximate surface area is 192 Å². The Kier molecular flexibility index (Phi) is 7.16. The molecule has 3 N–H and O–H groups in total. The highest BCUT2D eigenvalue weighted by Gasteiger charge is 2.33. The molecule has 0 saturated heterocycles. The molecule has 172 valence electrons. The van der Waals surface area contributed by atoms with Gasteiger partial charge in [0.15, 0.2) is 5.82 Å². The van der Waals surface area contributed by atoms with E-state index in [1.165, 1.54) is 18.2 Å². The van der Waals surface area contributed by atoms with E-state index in [4.69, 9.17) is 11.6 Å². The van der Waals surface area contributed by atoms with Crippen LogP contribution in [-0.2, 0) is 10.0 Å². The molecule has 2 aromatic carbocycles. The first-order valence-electron chi connectivity index (χ1n) is 10.1. The summed E-state index contributed by atoms with van der Waals surface area (Å²) in [5, 5.41) is 17.3. The lowest BCUT2D eigenvalue weighted by Crippen LogP contribution is -2.34. The van der Waals surface area contributed by atoms with Crippen molar-refractivity contribution in [2.45, 2.75) is 57.5 Å². The van der Waals surface area contributed by atoms with Crippen LogP contribution in [-0.4, -0.2) is 35.1 Å². The smallest absolute Gasteiger partial charge is 0.243 e. The van der Waals surface area contributed by atoms with Gasteiger partial charge in [-0.2, -0.15) is 9.94 Å². The number of hydrogen-bond acceptors (Lipinski definition) is 6. The molecule has 0 radical (unpaired) electrons. The Morgan fingerprint density at radius 3 is 2.47 bits per heavy atom. The molecule has 0 amide bonds. The van der Waals surface area contributed by atoms with Gasteiger partial charge in [0.05, 0.1) is 11.7 Å². The van der Waals surface area contributed by atoms with Crippen molar-refractivity contribution in [2.75, 3.05) is 5.32 Å². The maximum absolute atomic E-state index is 14.8. The molecule has 0 spiro atoms. The largest absolute Gasteiger partial charge is 0.382 e. The van der Waals surface area contributed by atoms with Crippen LogP contribution in [0.15, 0.2) is 35.2 Å². The third kappa shape index (κ3) is 5.08. The van der Waals surface area contributed by atoms with Crippen LogP contribution in [0.3, 0.4) is 0 Å². The van der Waals surface area contributed by atoms with Crippen molar-refractivity contribution in [3.05, 3.63) is 63.7 Å². The van der Waals surface area contributed by atoms with Crippen LogP contribution in [0.2, 0.25) is 5.02 Å². The average Bonchev–Trinajstić information content (AvgIpc) is 3.23. The van der Waals surface area contributed by atoms with Crippen LogP contribution in [0.4, 0.5) is 10.1 Å². The minimum Gasteiger partial charge on any atom is -0.382 e. The molecule has 1 aromatic heterocycles. The van der Waals surface area contributed by atoms with Crippen molar-refractivity contribution < 1.29 is 12.8 Å². The summed E-state index contributed by atoms with van der Waals surface area (Å²) in [4.78, 5) is 0.0118. The van der Waals surface area contributed by atoms with E-state index in [2.05, 4.69) is 30.7 Å². The van der Waals surface area contributed by atoms with Gasteiger partial charge >= 0.3 is 0 Å². The number of anilines is 1. The van der Waals surface area contributed by atoms with Gasteiger partial charge in [0.25, 0.3) is 0 Å². The van der Waals surface area contributed by atoms with Gasteiger partial charge in [-0.3, -0.25) is 0 Å². The monoisotopic (exact) mass is 480 g/mol. The minimum absolute atomic E-state index is 0.0118. The first-order valence-corrected chi connectivity index (χ1v) is 11.9. The molecule has 3 rings (SSSR count). The summed E-state index contributed by atoms with van der Waals surface area (Å²) in [5.74, 6) is -0.952. The number of halogens is 2. The zero-order chi connectivity index (χ0) is 23.6. The summed E-state index contributed by atoms with van der Waals surface area (Å²) >= 11 is 6.09. The Bertz CT molecular complexity index is 1200. The second kappa shape index (κ2) is 9.51. The van der Waals surface area contributed by atoms with Gasteiger partial charge in [0.1, 0.15) is 10.7 Å². The Morgan fingerprint density at radius 1 is 1.12 bits per heavy atom. The molecular weight excluding hydrogens is 455 g/mol. The van der Waals surface area contributed by atoms with Gasteiger partial charge in [-0.15, -0.1) is 10.2 Å². The Morgan fingerprint density at radius 2 is 1.84 bits per heavy atom. The Hall–Kier alpha value is -2.56. The second-order valence-electron chi connectivity index (χ2n) is 8.00. The summed E-state index contributed by atoms with van der Waals surface area (Å²) in [6.45, 7) is 9.17. The van der Waals surface area contributed by atoms with Crippen LogP contribution in [0.25, 0.3) is 0 Å². The number of hydrogen-bond donors (Lipinski definition) is 3. The molecule has 0 aliphatic carbocycles. The molecule has 0 saturated carbocycles. The zero-order valence-corrected chi connectivity index (χ0v) is 20.0. The van der Waals surface area contributed by atoms with E-state index in [0.29, 0.717) is 16.3 Å². The Balaban J connectivity index is 2.07. The topological polar surface area (TPSA) is 113 Å². The number of benzene rings is 2. The number of sulfonamides is 1. The fraction of sp³-hybridized carbons (Fsp3) is 0.381. The lowest BCUT2D eigenvalue weighted by molar-refractivity contribution is 0.478. The highest BCUT2D eigenvalue weighted by atomic mass is 35.5. The van der Waals surface area contributed by atoms with Crippen molar-refractivity contribution >= 4 is 27.3 Å². The second-order valence-corrected chi connectivity index (χ2v) is 10.1. The highest BCUT2D eigenvalue weighted by Crippen LogP contribution is 2.35. The van der Waals surface area contributed by atoms with E-state index in [0.717, 1.165) is 11.1 Å². The predicted molar refractivity (Wildman–Crippen MR) is 122 cm³/mol. The molecule has 0 aliphatic rings. The van der Waals surface area contributed by atoms with Gasteiger partial charge in [-0.25, -0.2) is 12.8 Å². The normalized spacial score (nSPS) is 13.9. The van der Waals surface area contributed by atoms with Crippen molar-refractivity contribution in [3.8, 4) is 0 Å². The number of nitrogens with zero attached hydrogens (tertiary/aromatic N) is 3. The van der Waals surface area contributed by atoms with Crippen LogP contribution >= 0.6 is 11.6 Å². The first kappa shape index (κ1) is 24.1. The van der Waals surface area contributed by atoms with E-state index in [-0.39, 0.29) is 16.8 Å². The maximum atomic E-state index is 14.8. The van der Waals surface area contributed by atoms with Gasteiger partial charge in [-0.1, -0.05) is 29.8 Å². The zero-order valence-electron chi connectivity index (χ0n) is 18.4. The summed E-state index contributed by atoms with van der Waals surface area (Å²) < 4.78 is 44.4. The summed E-state index contributed by atoms with van der Waals surface area (Å²) in [6, 6.07) is 6.53. The van der Waals surface area contributed by atoms with Crippen LogP contribution in [0.5, 0.6) is 0 Å². The van der Waals surface area contributed by atoms with Crippen LogP contribution < -0.4 is 10.0 Å². The van der Waals surface area contributed by atoms with E-state index in [1.807, 2.05) is 20.8 Å². The third-order valence-corrected chi connectivity index (χ3v) is 7.02. The first-order chi connectivity index (χ1) is 15.0. The molecule has 11 heteroatoms. The van der Waals surface area contributed by atoms with E-state index in [9.17, 15) is 12.8 Å².